The summed E-state index contributed by atoms with van der Waals surface area (Å²) in [5, 5.41) is 0. The lowest BCUT2D eigenvalue weighted by Gasteiger charge is -2.17. The molecule has 0 aromatic heterocycles. The van der Waals surface area contributed by atoms with Crippen LogP contribution in [0.3, 0.4) is 0 Å². The molecule has 0 saturated carbocycles. The van der Waals surface area contributed by atoms with E-state index in [4.69, 9.17) is 9.47 Å². The van der Waals surface area contributed by atoms with Gasteiger partial charge in [-0.3, -0.25) is 0 Å². The van der Waals surface area contributed by atoms with E-state index >= 15 is 0 Å². The lowest BCUT2D eigenvalue weighted by Crippen LogP contribution is -2.20. The fourth-order valence-electron chi connectivity index (χ4n) is 3.68. The Morgan fingerprint density at radius 3 is 1.81 bits per heavy atom. The van der Waals surface area contributed by atoms with Gasteiger partial charge >= 0.3 is 11.9 Å². The standard InChI is InChI=1S/C27H44O4/c1-4-7-9-10-11-12-13-14-18-22-30-26(28)24-20-16-17-21-25(24)27(29)31-23(6-3)19-15-8-5-2/h16-17,20-21,23H,4-15,18-19,22H2,1-3H3. The van der Waals surface area contributed by atoms with Crippen molar-refractivity contribution in [1.82, 2.24) is 0 Å². The summed E-state index contributed by atoms with van der Waals surface area (Å²) in [5.74, 6) is -0.870. The van der Waals surface area contributed by atoms with Crippen molar-refractivity contribution >= 4 is 11.9 Å². The van der Waals surface area contributed by atoms with Gasteiger partial charge in [0, 0.05) is 0 Å². The molecule has 0 N–H and O–H groups in total. The summed E-state index contributed by atoms with van der Waals surface area (Å²) in [7, 11) is 0. The second-order valence-corrected chi connectivity index (χ2v) is 8.44. The van der Waals surface area contributed by atoms with Gasteiger partial charge in [0.1, 0.15) is 6.10 Å². The number of benzene rings is 1. The predicted octanol–water partition coefficient (Wildman–Crippen LogP) is 7.89. The Balaban J connectivity index is 2.40. The number of unbranched alkanes of at least 4 members (excludes halogenated alkanes) is 10. The first kappa shape index (κ1) is 27.2. The van der Waals surface area contributed by atoms with Crippen LogP contribution in [0.4, 0.5) is 0 Å². The molecule has 1 rings (SSSR count). The normalized spacial score (nSPS) is 11.8. The van der Waals surface area contributed by atoms with Crippen molar-refractivity contribution in [2.24, 2.45) is 0 Å². The fraction of sp³-hybridized carbons (Fsp3) is 0.704. The average molecular weight is 433 g/mol. The first-order valence-electron chi connectivity index (χ1n) is 12.6. The molecule has 0 heterocycles. The molecular formula is C27H44O4. The highest BCUT2D eigenvalue weighted by molar-refractivity contribution is 6.03. The van der Waals surface area contributed by atoms with Gasteiger partial charge in [0.15, 0.2) is 0 Å². The number of esters is 2. The monoisotopic (exact) mass is 432 g/mol. The Bertz CT molecular complexity index is 611. The van der Waals surface area contributed by atoms with Gasteiger partial charge in [0.2, 0.25) is 0 Å². The van der Waals surface area contributed by atoms with Crippen LogP contribution in [0.15, 0.2) is 24.3 Å². The van der Waals surface area contributed by atoms with Crippen molar-refractivity contribution in [3.05, 3.63) is 35.4 Å². The lowest BCUT2D eigenvalue weighted by molar-refractivity contribution is 0.0258. The van der Waals surface area contributed by atoms with Crippen LogP contribution >= 0.6 is 0 Å². The van der Waals surface area contributed by atoms with E-state index in [0.717, 1.165) is 44.9 Å². The SMILES string of the molecule is CCCCCCCCCCCOC(=O)c1ccccc1C(=O)OC(CC)CCCCC. The molecule has 0 fully saturated rings. The number of hydrogen-bond donors (Lipinski definition) is 0. The van der Waals surface area contributed by atoms with E-state index < -0.39 is 11.9 Å². The molecule has 0 radical (unpaired) electrons. The van der Waals surface area contributed by atoms with E-state index in [1.165, 1.54) is 44.9 Å². The van der Waals surface area contributed by atoms with Gasteiger partial charge in [-0.05, 0) is 37.8 Å². The highest BCUT2D eigenvalue weighted by Crippen LogP contribution is 2.17. The van der Waals surface area contributed by atoms with Crippen LogP contribution in [0.1, 0.15) is 131 Å². The van der Waals surface area contributed by atoms with Gasteiger partial charge in [-0.25, -0.2) is 9.59 Å². The van der Waals surface area contributed by atoms with Gasteiger partial charge in [-0.2, -0.15) is 0 Å². The van der Waals surface area contributed by atoms with Crippen molar-refractivity contribution in [1.29, 1.82) is 0 Å². The highest BCUT2D eigenvalue weighted by atomic mass is 16.5. The largest absolute Gasteiger partial charge is 0.462 e. The summed E-state index contributed by atoms with van der Waals surface area (Å²) in [4.78, 5) is 25.2. The third-order valence-corrected chi connectivity index (χ3v) is 5.71. The predicted molar refractivity (Wildman–Crippen MR) is 128 cm³/mol. The molecule has 0 spiro atoms. The van der Waals surface area contributed by atoms with Crippen LogP contribution in [0.5, 0.6) is 0 Å². The number of ether oxygens (including phenoxy) is 2. The highest BCUT2D eigenvalue weighted by Gasteiger charge is 2.21. The minimum absolute atomic E-state index is 0.106. The van der Waals surface area contributed by atoms with Crippen LogP contribution < -0.4 is 0 Å². The van der Waals surface area contributed by atoms with Crippen LogP contribution in [0.25, 0.3) is 0 Å². The Hall–Kier alpha value is -1.84. The zero-order valence-electron chi connectivity index (χ0n) is 20.1. The first-order valence-corrected chi connectivity index (χ1v) is 12.6. The van der Waals surface area contributed by atoms with Gasteiger partial charge in [-0.1, -0.05) is 97.1 Å². The number of carbonyl (C=O) groups excluding carboxylic acids is 2. The molecule has 0 saturated heterocycles. The third-order valence-electron chi connectivity index (χ3n) is 5.71. The minimum atomic E-state index is -0.439. The number of carbonyl (C=O) groups is 2. The molecule has 1 aromatic rings. The summed E-state index contributed by atoms with van der Waals surface area (Å²) < 4.78 is 11.1. The second kappa shape index (κ2) is 17.8. The Labute approximate surface area is 190 Å². The molecule has 176 valence electrons. The summed E-state index contributed by atoms with van der Waals surface area (Å²) in [6.07, 6.45) is 15.8. The van der Waals surface area contributed by atoms with Crippen LogP contribution in [0.2, 0.25) is 0 Å². The van der Waals surface area contributed by atoms with E-state index in [-0.39, 0.29) is 6.10 Å². The molecule has 0 aliphatic heterocycles. The molecule has 31 heavy (non-hydrogen) atoms. The number of hydrogen-bond acceptors (Lipinski definition) is 4. The van der Waals surface area contributed by atoms with Crippen molar-refractivity contribution in [3.63, 3.8) is 0 Å². The van der Waals surface area contributed by atoms with Crippen molar-refractivity contribution in [3.8, 4) is 0 Å². The fourth-order valence-corrected chi connectivity index (χ4v) is 3.68. The maximum Gasteiger partial charge on any atom is 0.339 e. The van der Waals surface area contributed by atoms with Gasteiger partial charge in [0.25, 0.3) is 0 Å². The van der Waals surface area contributed by atoms with Crippen LogP contribution in [-0.4, -0.2) is 24.6 Å². The van der Waals surface area contributed by atoms with E-state index in [0.29, 0.717) is 17.7 Å². The average Bonchev–Trinajstić information content (AvgIpc) is 2.79. The van der Waals surface area contributed by atoms with E-state index in [9.17, 15) is 9.59 Å². The Kier molecular flexibility index (Phi) is 15.6. The van der Waals surface area contributed by atoms with Crippen LogP contribution in [-0.2, 0) is 9.47 Å². The third kappa shape index (κ3) is 11.9. The quantitative estimate of drug-likeness (QED) is 0.175. The molecule has 1 atom stereocenters. The molecule has 1 aromatic carbocycles. The topological polar surface area (TPSA) is 52.6 Å². The minimum Gasteiger partial charge on any atom is -0.462 e. The summed E-state index contributed by atoms with van der Waals surface area (Å²) in [6.45, 7) is 6.81. The van der Waals surface area contributed by atoms with Crippen molar-refractivity contribution in [2.45, 2.75) is 117 Å². The lowest BCUT2D eigenvalue weighted by atomic mass is 10.1. The Morgan fingerprint density at radius 2 is 1.23 bits per heavy atom. The van der Waals surface area contributed by atoms with Crippen LogP contribution in [0, 0.1) is 0 Å². The molecule has 1 unspecified atom stereocenters. The van der Waals surface area contributed by atoms with Gasteiger partial charge < -0.3 is 9.47 Å². The molecule has 0 aliphatic carbocycles. The second-order valence-electron chi connectivity index (χ2n) is 8.44. The molecule has 4 nitrogen and oxygen atoms in total. The van der Waals surface area contributed by atoms with E-state index in [2.05, 4.69) is 13.8 Å². The van der Waals surface area contributed by atoms with E-state index in [1.54, 1.807) is 24.3 Å². The van der Waals surface area contributed by atoms with Crippen molar-refractivity contribution < 1.29 is 19.1 Å². The van der Waals surface area contributed by atoms with Crippen molar-refractivity contribution in [2.75, 3.05) is 6.61 Å². The number of rotatable bonds is 18. The summed E-state index contributed by atoms with van der Waals surface area (Å²) in [5.41, 5.74) is 0.598. The molecule has 0 bridgehead atoms. The van der Waals surface area contributed by atoms with E-state index in [1.807, 2.05) is 6.92 Å². The summed E-state index contributed by atoms with van der Waals surface area (Å²) >= 11 is 0. The molecular weight excluding hydrogens is 388 g/mol. The summed E-state index contributed by atoms with van der Waals surface area (Å²) in [6, 6.07) is 6.81. The molecule has 0 amide bonds. The van der Waals surface area contributed by atoms with Gasteiger partial charge in [-0.15, -0.1) is 0 Å². The maximum atomic E-state index is 12.7. The van der Waals surface area contributed by atoms with Gasteiger partial charge in [0.05, 0.1) is 17.7 Å². The zero-order valence-corrected chi connectivity index (χ0v) is 20.1. The zero-order chi connectivity index (χ0) is 22.7. The smallest absolute Gasteiger partial charge is 0.339 e. The Morgan fingerprint density at radius 1 is 0.710 bits per heavy atom. The molecule has 0 aliphatic rings. The first-order chi connectivity index (χ1) is 15.1. The molecule has 4 heteroatoms. The maximum absolute atomic E-state index is 12.7.